The average molecular weight is 497 g/mol. The second kappa shape index (κ2) is 9.27. The molecule has 0 bridgehead atoms. The number of esters is 1. The number of amides is 1. The summed E-state index contributed by atoms with van der Waals surface area (Å²) in [6, 6.07) is 6.80. The summed E-state index contributed by atoms with van der Waals surface area (Å²) in [4.78, 5) is 48.7. The number of nitrogens with one attached hydrogen (secondary N) is 1. The lowest BCUT2D eigenvalue weighted by Gasteiger charge is -2.21. The Balaban J connectivity index is 1.39. The van der Waals surface area contributed by atoms with Crippen molar-refractivity contribution < 1.29 is 14.3 Å². The van der Waals surface area contributed by atoms with Crippen LogP contribution in [0.5, 0.6) is 0 Å². The number of aryl methyl sites for hydroxylation is 1. The van der Waals surface area contributed by atoms with Crippen molar-refractivity contribution in [3.8, 4) is 0 Å². The van der Waals surface area contributed by atoms with Gasteiger partial charge < -0.3 is 10.1 Å². The zero-order valence-electron chi connectivity index (χ0n) is 18.9. The molecule has 1 aromatic carbocycles. The number of hydrogen-bond donors (Lipinski definition) is 1. The third-order valence-electron chi connectivity index (χ3n) is 6.21. The van der Waals surface area contributed by atoms with Crippen LogP contribution in [0.1, 0.15) is 60.3 Å². The summed E-state index contributed by atoms with van der Waals surface area (Å²) in [6.45, 7) is 3.37. The Morgan fingerprint density at radius 1 is 1.18 bits per heavy atom. The molecule has 1 saturated carbocycles. The topological polar surface area (TPSA) is 103 Å². The summed E-state index contributed by atoms with van der Waals surface area (Å²) < 4.78 is 7.96. The van der Waals surface area contributed by atoms with Crippen molar-refractivity contribution in [2.24, 2.45) is 0 Å². The molecule has 3 aromatic heterocycles. The minimum absolute atomic E-state index is 0.0679. The number of nitrogens with zero attached hydrogens (tertiary/aromatic N) is 3. The number of benzene rings is 1. The van der Waals surface area contributed by atoms with E-state index in [4.69, 9.17) is 4.74 Å². The first kappa shape index (κ1) is 22.7. The number of anilines is 1. The first-order valence-corrected chi connectivity index (χ1v) is 12.9. The van der Waals surface area contributed by atoms with E-state index in [9.17, 15) is 14.4 Å². The van der Waals surface area contributed by atoms with Crippen molar-refractivity contribution >= 4 is 60.1 Å². The quantitative estimate of drug-likeness (QED) is 0.387. The fourth-order valence-electron chi connectivity index (χ4n) is 4.26. The maximum absolute atomic E-state index is 13.3. The molecule has 10 heteroatoms. The summed E-state index contributed by atoms with van der Waals surface area (Å²) in [5, 5.41) is 3.62. The molecule has 0 aliphatic heterocycles. The van der Waals surface area contributed by atoms with Crippen molar-refractivity contribution in [1.82, 2.24) is 14.5 Å². The number of thiophene rings is 1. The van der Waals surface area contributed by atoms with Gasteiger partial charge in [0, 0.05) is 0 Å². The third-order valence-corrected chi connectivity index (χ3v) is 8.34. The van der Waals surface area contributed by atoms with Crippen LogP contribution < -0.4 is 10.9 Å². The zero-order chi connectivity index (χ0) is 23.8. The van der Waals surface area contributed by atoms with Crippen LogP contribution in [0.25, 0.3) is 20.4 Å². The molecule has 0 spiro atoms. The monoisotopic (exact) mass is 496 g/mol. The Hall–Kier alpha value is -3.11. The van der Waals surface area contributed by atoms with Crippen LogP contribution in [0.2, 0.25) is 0 Å². The maximum atomic E-state index is 13.3. The second-order valence-electron chi connectivity index (χ2n) is 8.51. The predicted molar refractivity (Wildman–Crippen MR) is 134 cm³/mol. The van der Waals surface area contributed by atoms with Gasteiger partial charge in [-0.3, -0.25) is 14.2 Å². The standard InChI is InChI=1S/C24H24N4O4S2/c1-13-18-21(34-19(13)23(31)32-15-8-4-3-5-9-15)25-12-28(22(18)30)14(2)20(29)27-24-26-16-10-6-7-11-17(16)33-24/h6-7,10-12,14-15H,3-5,8-9H2,1-2H3,(H,26,27,29). The van der Waals surface area contributed by atoms with E-state index < -0.39 is 12.0 Å². The SMILES string of the molecule is Cc1c(C(=O)OC2CCCCC2)sc2ncn(C(C)C(=O)Nc3nc4ccccc4s3)c(=O)c12. The van der Waals surface area contributed by atoms with Crippen molar-refractivity contribution in [2.75, 3.05) is 5.32 Å². The molecule has 1 N–H and O–H groups in total. The Bertz CT molecular complexity index is 1420. The van der Waals surface area contributed by atoms with Gasteiger partial charge in [0.2, 0.25) is 5.91 Å². The molecule has 3 heterocycles. The highest BCUT2D eigenvalue weighted by Crippen LogP contribution is 2.30. The van der Waals surface area contributed by atoms with E-state index in [2.05, 4.69) is 15.3 Å². The summed E-state index contributed by atoms with van der Waals surface area (Å²) in [6.07, 6.45) is 6.34. The van der Waals surface area contributed by atoms with Gasteiger partial charge in [0.05, 0.1) is 21.9 Å². The van der Waals surface area contributed by atoms with Crippen LogP contribution in [0.15, 0.2) is 35.4 Å². The van der Waals surface area contributed by atoms with Crippen LogP contribution in [0.3, 0.4) is 0 Å². The summed E-state index contributed by atoms with van der Waals surface area (Å²) in [7, 11) is 0. The Labute approximate surface area is 203 Å². The Morgan fingerprint density at radius 3 is 2.71 bits per heavy atom. The number of aromatic nitrogens is 3. The van der Waals surface area contributed by atoms with Crippen molar-refractivity contribution in [3.63, 3.8) is 0 Å². The van der Waals surface area contributed by atoms with Crippen LogP contribution in [0, 0.1) is 6.92 Å². The molecule has 34 heavy (non-hydrogen) atoms. The number of para-hydroxylation sites is 1. The second-order valence-corrected chi connectivity index (χ2v) is 10.5. The maximum Gasteiger partial charge on any atom is 0.348 e. The van der Waals surface area contributed by atoms with E-state index in [0.717, 1.165) is 47.2 Å². The van der Waals surface area contributed by atoms with Crippen LogP contribution in [0.4, 0.5) is 5.13 Å². The minimum Gasteiger partial charge on any atom is -0.458 e. The Morgan fingerprint density at radius 2 is 1.94 bits per heavy atom. The minimum atomic E-state index is -0.812. The molecule has 1 aliphatic rings. The van der Waals surface area contributed by atoms with E-state index in [1.165, 1.54) is 28.7 Å². The molecular formula is C24H24N4O4S2. The molecule has 1 fully saturated rings. The number of thiazole rings is 1. The summed E-state index contributed by atoms with van der Waals surface area (Å²) in [5.74, 6) is -0.771. The van der Waals surface area contributed by atoms with Crippen LogP contribution in [-0.2, 0) is 9.53 Å². The van der Waals surface area contributed by atoms with Gasteiger partial charge in [-0.05, 0) is 57.2 Å². The molecule has 0 saturated heterocycles. The van der Waals surface area contributed by atoms with E-state index in [-0.39, 0.29) is 17.6 Å². The largest absolute Gasteiger partial charge is 0.458 e. The lowest BCUT2D eigenvalue weighted by atomic mass is 9.98. The van der Waals surface area contributed by atoms with Gasteiger partial charge in [-0.1, -0.05) is 29.9 Å². The van der Waals surface area contributed by atoms with E-state index in [0.29, 0.717) is 25.8 Å². The molecule has 1 aliphatic carbocycles. The number of rotatable bonds is 5. The molecule has 1 atom stereocenters. The Kier molecular flexibility index (Phi) is 6.18. The molecule has 4 aromatic rings. The van der Waals surface area contributed by atoms with Crippen molar-refractivity contribution in [3.05, 3.63) is 51.4 Å². The highest BCUT2D eigenvalue weighted by atomic mass is 32.1. The predicted octanol–water partition coefficient (Wildman–Crippen LogP) is 5.07. The number of ether oxygens (including phenoxy) is 1. The first-order valence-electron chi connectivity index (χ1n) is 11.3. The molecule has 176 valence electrons. The number of hydrogen-bond acceptors (Lipinski definition) is 8. The normalized spacial score (nSPS) is 15.5. The van der Waals surface area contributed by atoms with Crippen molar-refractivity contribution in [2.45, 2.75) is 58.1 Å². The van der Waals surface area contributed by atoms with E-state index in [1.807, 2.05) is 24.3 Å². The van der Waals surface area contributed by atoms with Crippen LogP contribution >= 0.6 is 22.7 Å². The van der Waals surface area contributed by atoms with Gasteiger partial charge in [-0.25, -0.2) is 14.8 Å². The zero-order valence-corrected chi connectivity index (χ0v) is 20.5. The van der Waals surface area contributed by atoms with E-state index >= 15 is 0 Å². The third kappa shape index (κ3) is 4.23. The number of carbonyl (C=O) groups is 2. The summed E-state index contributed by atoms with van der Waals surface area (Å²) >= 11 is 2.53. The van der Waals surface area contributed by atoms with Crippen LogP contribution in [-0.4, -0.2) is 32.5 Å². The lowest BCUT2D eigenvalue weighted by Crippen LogP contribution is -2.31. The molecule has 1 unspecified atom stereocenters. The lowest BCUT2D eigenvalue weighted by molar-refractivity contribution is -0.118. The molecule has 5 rings (SSSR count). The highest BCUT2D eigenvalue weighted by molar-refractivity contribution is 7.22. The fourth-order valence-corrected chi connectivity index (χ4v) is 6.15. The number of fused-ring (bicyclic) bond motifs is 2. The van der Waals surface area contributed by atoms with E-state index in [1.54, 1.807) is 13.8 Å². The van der Waals surface area contributed by atoms with Gasteiger partial charge in [-0.15, -0.1) is 11.3 Å². The summed E-state index contributed by atoms with van der Waals surface area (Å²) in [5.41, 5.74) is 0.992. The highest BCUT2D eigenvalue weighted by Gasteiger charge is 2.26. The van der Waals surface area contributed by atoms with Gasteiger partial charge in [-0.2, -0.15) is 0 Å². The smallest absolute Gasteiger partial charge is 0.348 e. The average Bonchev–Trinajstić information content (AvgIpc) is 3.40. The van der Waals surface area contributed by atoms with Gasteiger partial charge in [0.15, 0.2) is 5.13 Å². The fraction of sp³-hybridized carbons (Fsp3) is 0.375. The van der Waals surface area contributed by atoms with Gasteiger partial charge in [0.1, 0.15) is 21.9 Å². The molecule has 0 radical (unpaired) electrons. The van der Waals surface area contributed by atoms with Crippen molar-refractivity contribution in [1.29, 1.82) is 0 Å². The van der Waals surface area contributed by atoms with Gasteiger partial charge >= 0.3 is 5.97 Å². The van der Waals surface area contributed by atoms with Gasteiger partial charge in [0.25, 0.3) is 5.56 Å². The first-order chi connectivity index (χ1) is 16.4. The number of carbonyl (C=O) groups excluding carboxylic acids is 2. The molecule has 8 nitrogen and oxygen atoms in total. The molecule has 1 amide bonds. The molecular weight excluding hydrogens is 472 g/mol.